The molecule has 0 saturated carbocycles. The fourth-order valence-corrected chi connectivity index (χ4v) is 2.42. The summed E-state index contributed by atoms with van der Waals surface area (Å²) >= 11 is 8.55. The van der Waals surface area contributed by atoms with E-state index < -0.39 is 0 Å². The molecule has 0 aliphatic rings. The van der Waals surface area contributed by atoms with Crippen LogP contribution in [0, 0.1) is 0 Å². The zero-order chi connectivity index (χ0) is 15.8. The number of nitrogens with zero attached hydrogens (tertiary/aromatic N) is 1. The van der Waals surface area contributed by atoms with Crippen molar-refractivity contribution < 1.29 is 9.47 Å². The Morgan fingerprint density at radius 1 is 1.48 bits per heavy atom. The molecule has 1 rings (SSSR count). The van der Waals surface area contributed by atoms with Gasteiger partial charge in [-0.15, -0.1) is 0 Å². The van der Waals surface area contributed by atoms with E-state index in [2.05, 4.69) is 31.8 Å². The summed E-state index contributed by atoms with van der Waals surface area (Å²) in [5.41, 5.74) is 3.62. The van der Waals surface area contributed by atoms with Crippen LogP contribution in [0.1, 0.15) is 26.3 Å². The molecular weight excluding hydrogens is 354 g/mol. The molecule has 0 aliphatic carbocycles. The van der Waals surface area contributed by atoms with E-state index in [-0.39, 0.29) is 6.04 Å². The number of hydrogen-bond acceptors (Lipinski definition) is 4. The molecule has 116 valence electrons. The largest absolute Gasteiger partial charge is 0.493 e. The van der Waals surface area contributed by atoms with Crippen molar-refractivity contribution >= 4 is 39.5 Å². The Morgan fingerprint density at radius 3 is 2.76 bits per heavy atom. The number of hydrogen-bond donors (Lipinski definition) is 2. The van der Waals surface area contributed by atoms with Crippen molar-refractivity contribution in [3.8, 4) is 11.5 Å². The van der Waals surface area contributed by atoms with Gasteiger partial charge in [-0.2, -0.15) is 5.10 Å². The summed E-state index contributed by atoms with van der Waals surface area (Å²) in [7, 11) is 1.60. The second-order valence-electron chi connectivity index (χ2n) is 4.47. The van der Waals surface area contributed by atoms with E-state index in [4.69, 9.17) is 21.7 Å². The standard InChI is InChI=1S/C14H20BrN3O2S/c1-5-20-13-11(15)6-10(7-12(13)19-4)8-16-18-14(21)17-9(2)3/h6-9H,5H2,1-4H3,(H2,17,18,21)/b16-8-. The number of halogens is 1. The lowest BCUT2D eigenvalue weighted by Gasteiger charge is -2.12. The van der Waals surface area contributed by atoms with Crippen molar-refractivity contribution in [3.05, 3.63) is 22.2 Å². The van der Waals surface area contributed by atoms with Gasteiger partial charge in [-0.1, -0.05) is 0 Å². The maximum absolute atomic E-state index is 5.54. The Morgan fingerprint density at radius 2 is 2.19 bits per heavy atom. The molecule has 21 heavy (non-hydrogen) atoms. The van der Waals surface area contributed by atoms with Crippen LogP contribution in [0.5, 0.6) is 11.5 Å². The van der Waals surface area contributed by atoms with Crippen molar-refractivity contribution in [3.63, 3.8) is 0 Å². The Labute approximate surface area is 139 Å². The SMILES string of the molecule is CCOc1c(Br)cc(/C=N\NC(=S)NC(C)C)cc1OC. The minimum Gasteiger partial charge on any atom is -0.493 e. The van der Waals surface area contributed by atoms with E-state index in [1.165, 1.54) is 0 Å². The fourth-order valence-electron chi connectivity index (χ4n) is 1.56. The monoisotopic (exact) mass is 373 g/mol. The number of rotatable bonds is 6. The van der Waals surface area contributed by atoms with Crippen molar-refractivity contribution in [1.82, 2.24) is 10.7 Å². The van der Waals surface area contributed by atoms with Crippen LogP contribution in [0.15, 0.2) is 21.7 Å². The van der Waals surface area contributed by atoms with Crippen LogP contribution < -0.4 is 20.2 Å². The van der Waals surface area contributed by atoms with Crippen molar-refractivity contribution in [1.29, 1.82) is 0 Å². The van der Waals surface area contributed by atoms with E-state index in [0.29, 0.717) is 23.2 Å². The molecular formula is C14H20BrN3O2S. The highest BCUT2D eigenvalue weighted by Gasteiger charge is 2.10. The van der Waals surface area contributed by atoms with Gasteiger partial charge in [0.1, 0.15) is 0 Å². The molecule has 0 radical (unpaired) electrons. The summed E-state index contributed by atoms with van der Waals surface area (Å²) in [6.07, 6.45) is 1.66. The Balaban J connectivity index is 2.80. The number of benzene rings is 1. The molecule has 1 aromatic rings. The van der Waals surface area contributed by atoms with E-state index in [0.717, 1.165) is 10.0 Å². The van der Waals surface area contributed by atoms with Crippen LogP contribution in [0.2, 0.25) is 0 Å². The predicted octanol–water partition coefficient (Wildman–Crippen LogP) is 3.06. The fraction of sp³-hybridized carbons (Fsp3) is 0.429. The molecule has 1 aromatic carbocycles. The molecule has 0 heterocycles. The molecule has 0 bridgehead atoms. The van der Waals surface area contributed by atoms with Crippen LogP contribution in [-0.2, 0) is 0 Å². The van der Waals surface area contributed by atoms with E-state index in [9.17, 15) is 0 Å². The minimum atomic E-state index is 0.264. The lowest BCUT2D eigenvalue weighted by molar-refractivity contribution is 0.309. The summed E-state index contributed by atoms with van der Waals surface area (Å²) < 4.78 is 11.7. The number of nitrogens with one attached hydrogen (secondary N) is 2. The van der Waals surface area contributed by atoms with E-state index >= 15 is 0 Å². The third kappa shape index (κ3) is 5.89. The van der Waals surface area contributed by atoms with Gasteiger partial charge in [0.2, 0.25) is 0 Å². The molecule has 0 fully saturated rings. The molecule has 0 unspecified atom stereocenters. The van der Waals surface area contributed by atoms with Gasteiger partial charge in [0.15, 0.2) is 16.6 Å². The third-order valence-electron chi connectivity index (χ3n) is 2.34. The minimum absolute atomic E-state index is 0.264. The first kappa shape index (κ1) is 17.7. The van der Waals surface area contributed by atoms with Crippen LogP contribution in [-0.4, -0.2) is 31.1 Å². The normalized spacial score (nSPS) is 10.8. The average molecular weight is 374 g/mol. The number of methoxy groups -OCH3 is 1. The first-order valence-electron chi connectivity index (χ1n) is 6.57. The van der Waals surface area contributed by atoms with Gasteiger partial charge in [0, 0.05) is 6.04 Å². The van der Waals surface area contributed by atoms with Gasteiger partial charge in [-0.3, -0.25) is 5.43 Å². The van der Waals surface area contributed by atoms with Gasteiger partial charge in [-0.05, 0) is 66.6 Å². The third-order valence-corrected chi connectivity index (χ3v) is 3.14. The highest BCUT2D eigenvalue weighted by atomic mass is 79.9. The van der Waals surface area contributed by atoms with Crippen molar-refractivity contribution in [2.24, 2.45) is 5.10 Å². The quantitative estimate of drug-likeness (QED) is 0.455. The molecule has 0 spiro atoms. The van der Waals surface area contributed by atoms with Crippen molar-refractivity contribution in [2.75, 3.05) is 13.7 Å². The van der Waals surface area contributed by atoms with E-state index in [1.54, 1.807) is 13.3 Å². The zero-order valence-electron chi connectivity index (χ0n) is 12.6. The van der Waals surface area contributed by atoms with Gasteiger partial charge in [-0.25, -0.2) is 0 Å². The van der Waals surface area contributed by atoms with Gasteiger partial charge < -0.3 is 14.8 Å². The zero-order valence-corrected chi connectivity index (χ0v) is 15.0. The molecule has 2 N–H and O–H groups in total. The van der Waals surface area contributed by atoms with Gasteiger partial charge >= 0.3 is 0 Å². The Kier molecular flexibility index (Phi) is 7.45. The highest BCUT2D eigenvalue weighted by molar-refractivity contribution is 9.10. The number of ether oxygens (including phenoxy) is 2. The topological polar surface area (TPSA) is 54.9 Å². The highest BCUT2D eigenvalue weighted by Crippen LogP contribution is 2.36. The molecule has 0 aromatic heterocycles. The van der Waals surface area contributed by atoms with Crippen LogP contribution in [0.25, 0.3) is 0 Å². The summed E-state index contributed by atoms with van der Waals surface area (Å²) in [5, 5.41) is 7.62. The first-order valence-corrected chi connectivity index (χ1v) is 7.78. The second kappa shape index (κ2) is 8.84. The Hall–Kier alpha value is -1.34. The summed E-state index contributed by atoms with van der Waals surface area (Å²) in [5.74, 6) is 1.33. The first-order chi connectivity index (χ1) is 9.97. The van der Waals surface area contributed by atoms with Crippen LogP contribution in [0.3, 0.4) is 0 Å². The predicted molar refractivity (Wildman–Crippen MR) is 93.5 cm³/mol. The molecule has 0 amide bonds. The molecule has 0 saturated heterocycles. The molecule has 0 atom stereocenters. The lowest BCUT2D eigenvalue weighted by atomic mass is 10.2. The Bertz CT molecular complexity index is 521. The van der Waals surface area contributed by atoms with E-state index in [1.807, 2.05) is 32.9 Å². The smallest absolute Gasteiger partial charge is 0.187 e. The molecule has 5 nitrogen and oxygen atoms in total. The lowest BCUT2D eigenvalue weighted by Crippen LogP contribution is -2.36. The maximum Gasteiger partial charge on any atom is 0.187 e. The van der Waals surface area contributed by atoms with Gasteiger partial charge in [0.05, 0.1) is 24.4 Å². The number of thiocarbonyl (C=S) groups is 1. The van der Waals surface area contributed by atoms with Crippen LogP contribution >= 0.6 is 28.1 Å². The van der Waals surface area contributed by atoms with Crippen LogP contribution in [0.4, 0.5) is 0 Å². The summed E-state index contributed by atoms with van der Waals surface area (Å²) in [4.78, 5) is 0. The summed E-state index contributed by atoms with van der Waals surface area (Å²) in [6.45, 7) is 6.51. The van der Waals surface area contributed by atoms with Gasteiger partial charge in [0.25, 0.3) is 0 Å². The second-order valence-corrected chi connectivity index (χ2v) is 5.73. The van der Waals surface area contributed by atoms with Crippen molar-refractivity contribution in [2.45, 2.75) is 26.8 Å². The average Bonchev–Trinajstić information content (AvgIpc) is 2.40. The molecule has 7 heteroatoms. The molecule has 0 aliphatic heterocycles. The number of hydrazone groups is 1. The summed E-state index contributed by atoms with van der Waals surface area (Å²) in [6, 6.07) is 4.01. The maximum atomic E-state index is 5.54.